The predicted octanol–water partition coefficient (Wildman–Crippen LogP) is 7.04. The Labute approximate surface area is 143 Å². The Morgan fingerprint density at radius 1 is 0.522 bits per heavy atom. The van der Waals surface area contributed by atoms with Crippen LogP contribution in [0.3, 0.4) is 0 Å². The van der Waals surface area contributed by atoms with E-state index in [0.29, 0.717) is 0 Å². The van der Waals surface area contributed by atoms with Crippen molar-refractivity contribution in [3.05, 3.63) is 46.5 Å². The molecule has 2 aromatic rings. The molecule has 2 aromatic carbocycles. The highest BCUT2D eigenvalue weighted by atomic mass is 14.2. The summed E-state index contributed by atoms with van der Waals surface area (Å²) in [4.78, 5) is 0. The van der Waals surface area contributed by atoms with Crippen LogP contribution in [-0.4, -0.2) is 0 Å². The molecule has 0 atom stereocenters. The summed E-state index contributed by atoms with van der Waals surface area (Å²) in [6.45, 7) is 9.27. The smallest absolute Gasteiger partial charge is 0.0146 e. The van der Waals surface area contributed by atoms with E-state index in [4.69, 9.17) is 0 Å². The Bertz CT molecular complexity index is 621. The van der Waals surface area contributed by atoms with E-state index >= 15 is 0 Å². The molecule has 0 bridgehead atoms. The molecule has 0 aromatic heterocycles. The van der Waals surface area contributed by atoms with Crippen LogP contribution in [-0.2, 0) is 25.7 Å². The fourth-order valence-corrected chi connectivity index (χ4v) is 3.98. The van der Waals surface area contributed by atoms with E-state index in [2.05, 4.69) is 52.0 Å². The molecular formula is C23H34. The number of hydrogen-bond donors (Lipinski definition) is 0. The second-order valence-corrected chi connectivity index (χ2v) is 6.81. The number of benzene rings is 2. The van der Waals surface area contributed by atoms with Crippen molar-refractivity contribution in [3.8, 4) is 0 Å². The van der Waals surface area contributed by atoms with Gasteiger partial charge in [-0.1, -0.05) is 77.6 Å². The van der Waals surface area contributed by atoms with E-state index in [1.165, 1.54) is 68.6 Å². The Morgan fingerprint density at radius 2 is 0.957 bits per heavy atom. The van der Waals surface area contributed by atoms with Gasteiger partial charge in [0.25, 0.3) is 0 Å². The quantitative estimate of drug-likeness (QED) is 0.466. The molecule has 23 heavy (non-hydrogen) atoms. The summed E-state index contributed by atoms with van der Waals surface area (Å²) in [6.07, 6.45) is 11.3. The van der Waals surface area contributed by atoms with Crippen LogP contribution in [0, 0.1) is 0 Å². The van der Waals surface area contributed by atoms with Crippen molar-refractivity contribution < 1.29 is 0 Å². The Hall–Kier alpha value is -1.30. The highest BCUT2D eigenvalue weighted by molar-refractivity contribution is 5.91. The summed E-state index contributed by atoms with van der Waals surface area (Å²) < 4.78 is 0. The number of aryl methyl sites for hydroxylation is 2. The zero-order valence-corrected chi connectivity index (χ0v) is 15.7. The SMILES string of the molecule is CCCCc1c(CCC)c(CCC)c(CCC)c2ccccc12. The first-order valence-corrected chi connectivity index (χ1v) is 9.82. The Balaban J connectivity index is 2.76. The number of unbranched alkanes of at least 4 members (excludes halogenated alkanes) is 1. The van der Waals surface area contributed by atoms with Crippen molar-refractivity contribution in [3.63, 3.8) is 0 Å². The average Bonchev–Trinajstić information content (AvgIpc) is 2.57. The molecule has 0 radical (unpaired) electrons. The van der Waals surface area contributed by atoms with Gasteiger partial charge in [0.05, 0.1) is 0 Å². The maximum absolute atomic E-state index is 2.37. The molecule has 0 aliphatic carbocycles. The second-order valence-electron chi connectivity index (χ2n) is 6.81. The van der Waals surface area contributed by atoms with Gasteiger partial charge in [-0.15, -0.1) is 0 Å². The first-order chi connectivity index (χ1) is 11.3. The molecule has 0 heteroatoms. The molecule has 0 aliphatic heterocycles. The minimum Gasteiger partial charge on any atom is -0.0654 e. The monoisotopic (exact) mass is 310 g/mol. The van der Waals surface area contributed by atoms with Crippen molar-refractivity contribution in [2.45, 2.75) is 85.5 Å². The summed E-state index contributed by atoms with van der Waals surface area (Å²) in [6, 6.07) is 9.18. The van der Waals surface area contributed by atoms with Crippen LogP contribution >= 0.6 is 0 Å². The zero-order valence-electron chi connectivity index (χ0n) is 15.7. The van der Waals surface area contributed by atoms with Crippen molar-refractivity contribution in [1.82, 2.24) is 0 Å². The molecule has 0 saturated carbocycles. The van der Waals surface area contributed by atoms with Gasteiger partial charge in [-0.25, -0.2) is 0 Å². The highest BCUT2D eigenvalue weighted by Crippen LogP contribution is 2.34. The second kappa shape index (κ2) is 9.11. The van der Waals surface area contributed by atoms with Gasteiger partial charge < -0.3 is 0 Å². The predicted molar refractivity (Wildman–Crippen MR) is 105 cm³/mol. The van der Waals surface area contributed by atoms with E-state index < -0.39 is 0 Å². The minimum atomic E-state index is 1.22. The Kier molecular flexibility index (Phi) is 7.15. The summed E-state index contributed by atoms with van der Waals surface area (Å²) in [5.74, 6) is 0. The topological polar surface area (TPSA) is 0 Å². The van der Waals surface area contributed by atoms with E-state index in [1.54, 1.807) is 22.3 Å². The van der Waals surface area contributed by atoms with Gasteiger partial charge in [-0.05, 0) is 65.1 Å². The van der Waals surface area contributed by atoms with Gasteiger partial charge in [0.2, 0.25) is 0 Å². The molecule has 0 amide bonds. The van der Waals surface area contributed by atoms with E-state index in [0.717, 1.165) is 0 Å². The van der Waals surface area contributed by atoms with Crippen LogP contribution in [0.15, 0.2) is 24.3 Å². The fraction of sp³-hybridized carbons (Fsp3) is 0.565. The molecule has 0 N–H and O–H groups in total. The third-order valence-corrected chi connectivity index (χ3v) is 4.95. The molecule has 0 heterocycles. The lowest BCUT2D eigenvalue weighted by atomic mass is 9.82. The first kappa shape index (κ1) is 18.0. The van der Waals surface area contributed by atoms with Gasteiger partial charge >= 0.3 is 0 Å². The van der Waals surface area contributed by atoms with Crippen LogP contribution in [0.25, 0.3) is 10.8 Å². The van der Waals surface area contributed by atoms with E-state index in [-0.39, 0.29) is 0 Å². The fourth-order valence-electron chi connectivity index (χ4n) is 3.98. The van der Waals surface area contributed by atoms with Crippen LogP contribution in [0.2, 0.25) is 0 Å². The number of fused-ring (bicyclic) bond motifs is 1. The van der Waals surface area contributed by atoms with E-state index in [9.17, 15) is 0 Å². The number of hydrogen-bond acceptors (Lipinski definition) is 0. The summed E-state index contributed by atoms with van der Waals surface area (Å²) in [7, 11) is 0. The standard InChI is InChI=1S/C23H34/c1-5-9-15-21-19(13-7-3)18(12-6-2)20(14-8-4)22-16-10-11-17-23(21)22/h10-11,16-17H,5-9,12-15H2,1-4H3. The van der Waals surface area contributed by atoms with Gasteiger partial charge in [0.1, 0.15) is 0 Å². The van der Waals surface area contributed by atoms with E-state index in [1.807, 2.05) is 0 Å². The van der Waals surface area contributed by atoms with Crippen LogP contribution in [0.5, 0.6) is 0 Å². The molecule has 0 unspecified atom stereocenters. The third kappa shape index (κ3) is 3.97. The van der Waals surface area contributed by atoms with Crippen molar-refractivity contribution in [2.24, 2.45) is 0 Å². The average molecular weight is 311 g/mol. The van der Waals surface area contributed by atoms with Crippen LogP contribution < -0.4 is 0 Å². The summed E-state index contributed by atoms with van der Waals surface area (Å²) in [5.41, 5.74) is 6.70. The van der Waals surface area contributed by atoms with Crippen LogP contribution in [0.1, 0.15) is 82.1 Å². The molecule has 0 saturated heterocycles. The summed E-state index contributed by atoms with van der Waals surface area (Å²) >= 11 is 0. The molecule has 0 spiro atoms. The summed E-state index contributed by atoms with van der Waals surface area (Å²) in [5, 5.41) is 3.07. The van der Waals surface area contributed by atoms with Crippen molar-refractivity contribution in [1.29, 1.82) is 0 Å². The minimum absolute atomic E-state index is 1.22. The molecule has 2 rings (SSSR count). The third-order valence-electron chi connectivity index (χ3n) is 4.95. The lowest BCUT2D eigenvalue weighted by Gasteiger charge is -2.22. The molecule has 126 valence electrons. The lowest BCUT2D eigenvalue weighted by molar-refractivity contribution is 0.771. The van der Waals surface area contributed by atoms with Gasteiger partial charge in [-0.2, -0.15) is 0 Å². The molecular weight excluding hydrogens is 276 g/mol. The molecule has 0 aliphatic rings. The molecule has 0 nitrogen and oxygen atoms in total. The highest BCUT2D eigenvalue weighted by Gasteiger charge is 2.17. The van der Waals surface area contributed by atoms with Crippen molar-refractivity contribution in [2.75, 3.05) is 0 Å². The maximum atomic E-state index is 2.37. The van der Waals surface area contributed by atoms with Crippen LogP contribution in [0.4, 0.5) is 0 Å². The molecule has 0 fully saturated rings. The normalized spacial score (nSPS) is 11.3. The number of rotatable bonds is 9. The maximum Gasteiger partial charge on any atom is -0.0146 e. The van der Waals surface area contributed by atoms with Gasteiger partial charge in [-0.3, -0.25) is 0 Å². The first-order valence-electron chi connectivity index (χ1n) is 9.82. The zero-order chi connectivity index (χ0) is 16.7. The van der Waals surface area contributed by atoms with Gasteiger partial charge in [0, 0.05) is 0 Å². The van der Waals surface area contributed by atoms with Gasteiger partial charge in [0.15, 0.2) is 0 Å². The Morgan fingerprint density at radius 3 is 1.39 bits per heavy atom. The van der Waals surface area contributed by atoms with Crippen molar-refractivity contribution >= 4 is 10.8 Å². The lowest BCUT2D eigenvalue weighted by Crippen LogP contribution is -2.07. The largest absolute Gasteiger partial charge is 0.0654 e.